The van der Waals surface area contributed by atoms with E-state index in [1.807, 2.05) is 18.2 Å². The highest BCUT2D eigenvalue weighted by atomic mass is 16.5. The highest BCUT2D eigenvalue weighted by Crippen LogP contribution is 2.38. The molecule has 2 aliphatic rings. The SMILES string of the molecule is C1CC1.CCN(CC)Cc1cc(C2CCc3ccc(CC(C)C(=O)O)cc3O2)ccc1-c1cc(OC)ncc1C#N. The molecule has 216 valence electrons. The van der Waals surface area contributed by atoms with E-state index in [9.17, 15) is 15.2 Å². The Labute approximate surface area is 243 Å². The van der Waals surface area contributed by atoms with Crippen LogP contribution < -0.4 is 9.47 Å². The fraction of sp³-hybridized carbons (Fsp3) is 0.441. The molecule has 0 bridgehead atoms. The molecule has 1 saturated carbocycles. The molecule has 5 rings (SSSR count). The molecule has 1 aliphatic heterocycles. The Bertz CT molecular complexity index is 1390. The second-order valence-electron chi connectivity index (χ2n) is 10.9. The molecule has 1 N–H and O–H groups in total. The van der Waals surface area contributed by atoms with Crippen LogP contribution in [0.5, 0.6) is 11.6 Å². The van der Waals surface area contributed by atoms with Gasteiger partial charge in [-0.2, -0.15) is 5.26 Å². The molecule has 2 unspecified atom stereocenters. The first-order chi connectivity index (χ1) is 19.9. The van der Waals surface area contributed by atoms with Crippen LogP contribution in [0, 0.1) is 17.2 Å². The molecule has 0 saturated heterocycles. The highest BCUT2D eigenvalue weighted by molar-refractivity contribution is 5.74. The molecule has 2 aromatic carbocycles. The zero-order chi connectivity index (χ0) is 29.4. The summed E-state index contributed by atoms with van der Waals surface area (Å²) in [7, 11) is 1.57. The molecule has 1 aromatic heterocycles. The van der Waals surface area contributed by atoms with Gasteiger partial charge in [0.15, 0.2) is 0 Å². The third kappa shape index (κ3) is 7.86. The zero-order valence-electron chi connectivity index (χ0n) is 24.7. The Morgan fingerprint density at radius 1 is 1.15 bits per heavy atom. The maximum atomic E-state index is 11.3. The van der Waals surface area contributed by atoms with Gasteiger partial charge in [-0.3, -0.25) is 9.69 Å². The molecule has 0 spiro atoms. The van der Waals surface area contributed by atoms with E-state index in [1.165, 1.54) is 19.3 Å². The number of carboxylic acids is 1. The number of benzene rings is 2. The van der Waals surface area contributed by atoms with E-state index in [0.29, 0.717) is 17.9 Å². The standard InChI is InChI=1S/C31H35N3O4.C3H6/c1-5-34(6-2)19-24-15-23(9-11-26(24)27-16-30(37-4)33-18-25(27)17-32)28-12-10-22-8-7-21(14-29(22)38-28)13-20(3)31(35)36;1-2-3-1/h7-9,11,14-16,18,20,28H,5-6,10,12-13,19H2,1-4H3,(H,35,36);1-3H2. The molecule has 41 heavy (non-hydrogen) atoms. The Kier molecular flexibility index (Phi) is 10.4. The molecule has 3 aromatic rings. The number of nitrogens with zero attached hydrogens (tertiary/aromatic N) is 3. The quantitative estimate of drug-likeness (QED) is 0.289. The normalized spacial score (nSPS) is 16.0. The fourth-order valence-corrected chi connectivity index (χ4v) is 4.97. The highest BCUT2D eigenvalue weighted by Gasteiger charge is 2.24. The van der Waals surface area contributed by atoms with Crippen LogP contribution in [-0.2, 0) is 24.2 Å². The van der Waals surface area contributed by atoms with Crippen LogP contribution in [0.3, 0.4) is 0 Å². The lowest BCUT2D eigenvalue weighted by Gasteiger charge is -2.28. The summed E-state index contributed by atoms with van der Waals surface area (Å²) in [5.74, 6) is 0.0508. The van der Waals surface area contributed by atoms with Gasteiger partial charge in [0.1, 0.15) is 17.9 Å². The topological polar surface area (TPSA) is 95.7 Å². The Morgan fingerprint density at radius 2 is 1.90 bits per heavy atom. The van der Waals surface area contributed by atoms with Gasteiger partial charge in [-0.05, 0) is 66.2 Å². The summed E-state index contributed by atoms with van der Waals surface area (Å²) in [5.41, 5.74) is 6.62. The van der Waals surface area contributed by atoms with Gasteiger partial charge >= 0.3 is 5.97 Å². The van der Waals surface area contributed by atoms with Crippen molar-refractivity contribution in [3.63, 3.8) is 0 Å². The summed E-state index contributed by atoms with van der Waals surface area (Å²) in [6.45, 7) is 8.58. The number of aliphatic carboxylic acids is 1. The molecule has 1 aliphatic carbocycles. The van der Waals surface area contributed by atoms with Gasteiger partial charge < -0.3 is 14.6 Å². The predicted octanol–water partition coefficient (Wildman–Crippen LogP) is 6.97. The van der Waals surface area contributed by atoms with Crippen molar-refractivity contribution in [2.45, 2.75) is 71.9 Å². The molecule has 2 atom stereocenters. The van der Waals surface area contributed by atoms with E-state index >= 15 is 0 Å². The number of carbonyl (C=O) groups is 1. The second kappa shape index (κ2) is 14.1. The van der Waals surface area contributed by atoms with Gasteiger partial charge in [0.05, 0.1) is 18.6 Å². The second-order valence-corrected chi connectivity index (χ2v) is 10.9. The Hall–Kier alpha value is -3.89. The fourth-order valence-electron chi connectivity index (χ4n) is 4.97. The Balaban J connectivity index is 0.00000121. The van der Waals surface area contributed by atoms with Crippen LogP contribution >= 0.6 is 0 Å². The number of methoxy groups -OCH3 is 1. The summed E-state index contributed by atoms with van der Waals surface area (Å²) >= 11 is 0. The third-order valence-electron chi connectivity index (χ3n) is 7.68. The van der Waals surface area contributed by atoms with Gasteiger partial charge in [0, 0.05) is 24.4 Å². The lowest BCUT2D eigenvalue weighted by Crippen LogP contribution is -2.23. The zero-order valence-corrected chi connectivity index (χ0v) is 24.7. The summed E-state index contributed by atoms with van der Waals surface area (Å²) in [6, 6.07) is 16.5. The number of hydrogen-bond donors (Lipinski definition) is 1. The summed E-state index contributed by atoms with van der Waals surface area (Å²) in [5, 5.41) is 19.1. The van der Waals surface area contributed by atoms with Gasteiger partial charge in [-0.1, -0.05) is 70.4 Å². The number of ether oxygens (including phenoxy) is 2. The average molecular weight is 556 g/mol. The van der Waals surface area contributed by atoms with Gasteiger partial charge in [0.2, 0.25) is 5.88 Å². The monoisotopic (exact) mass is 555 g/mol. The first-order valence-corrected chi connectivity index (χ1v) is 14.7. The lowest BCUT2D eigenvalue weighted by molar-refractivity contribution is -0.141. The van der Waals surface area contributed by atoms with Crippen LogP contribution in [0.25, 0.3) is 11.1 Å². The van der Waals surface area contributed by atoms with Crippen molar-refractivity contribution in [2.75, 3.05) is 20.2 Å². The van der Waals surface area contributed by atoms with Crippen molar-refractivity contribution >= 4 is 5.97 Å². The summed E-state index contributed by atoms with van der Waals surface area (Å²) in [4.78, 5) is 17.9. The number of carboxylic acid groups (broad SMARTS) is 1. The number of hydrogen-bond acceptors (Lipinski definition) is 6. The van der Waals surface area contributed by atoms with E-state index in [4.69, 9.17) is 9.47 Å². The lowest BCUT2D eigenvalue weighted by atomic mass is 9.90. The number of nitriles is 1. The predicted molar refractivity (Wildman–Crippen MR) is 160 cm³/mol. The van der Waals surface area contributed by atoms with Crippen molar-refractivity contribution in [1.82, 2.24) is 9.88 Å². The minimum absolute atomic E-state index is 0.110. The number of aryl methyl sites for hydroxylation is 1. The molecular weight excluding hydrogens is 514 g/mol. The first-order valence-electron chi connectivity index (χ1n) is 14.7. The van der Waals surface area contributed by atoms with Crippen molar-refractivity contribution in [2.24, 2.45) is 5.92 Å². The van der Waals surface area contributed by atoms with E-state index in [0.717, 1.165) is 71.6 Å². The van der Waals surface area contributed by atoms with Gasteiger partial charge in [-0.15, -0.1) is 0 Å². The number of fused-ring (bicyclic) bond motifs is 1. The van der Waals surface area contributed by atoms with Crippen LogP contribution in [0.1, 0.15) is 80.4 Å². The third-order valence-corrected chi connectivity index (χ3v) is 7.68. The minimum atomic E-state index is -0.797. The number of rotatable bonds is 10. The molecule has 2 heterocycles. The van der Waals surface area contributed by atoms with Crippen molar-refractivity contribution < 1.29 is 19.4 Å². The molecule has 7 nitrogen and oxygen atoms in total. The van der Waals surface area contributed by atoms with Crippen LogP contribution in [0.2, 0.25) is 0 Å². The van der Waals surface area contributed by atoms with Crippen LogP contribution in [-0.4, -0.2) is 41.2 Å². The largest absolute Gasteiger partial charge is 0.485 e. The van der Waals surface area contributed by atoms with E-state index < -0.39 is 11.9 Å². The maximum Gasteiger partial charge on any atom is 0.306 e. The summed E-state index contributed by atoms with van der Waals surface area (Å²) < 4.78 is 11.9. The smallest absolute Gasteiger partial charge is 0.306 e. The van der Waals surface area contributed by atoms with Crippen molar-refractivity contribution in [1.29, 1.82) is 5.26 Å². The first kappa shape index (κ1) is 30.1. The minimum Gasteiger partial charge on any atom is -0.485 e. The van der Waals surface area contributed by atoms with Crippen molar-refractivity contribution in [3.8, 4) is 28.8 Å². The van der Waals surface area contributed by atoms with E-state index in [-0.39, 0.29) is 6.10 Å². The number of pyridine rings is 1. The maximum absolute atomic E-state index is 11.3. The van der Waals surface area contributed by atoms with Gasteiger partial charge in [0.25, 0.3) is 0 Å². The van der Waals surface area contributed by atoms with Gasteiger partial charge in [-0.25, -0.2) is 4.98 Å². The average Bonchev–Trinajstić information content (AvgIpc) is 3.89. The molecule has 7 heteroatoms. The molecular formula is C34H41N3O4. The summed E-state index contributed by atoms with van der Waals surface area (Å²) in [6.07, 6.45) is 8.17. The molecule has 1 fully saturated rings. The van der Waals surface area contributed by atoms with Crippen LogP contribution in [0.15, 0.2) is 48.7 Å². The molecule has 0 radical (unpaired) electrons. The van der Waals surface area contributed by atoms with E-state index in [1.54, 1.807) is 20.2 Å². The number of aromatic nitrogens is 1. The van der Waals surface area contributed by atoms with Crippen molar-refractivity contribution in [3.05, 3.63) is 76.5 Å². The Morgan fingerprint density at radius 3 is 2.54 bits per heavy atom. The van der Waals surface area contributed by atoms with E-state index in [2.05, 4.69) is 54.1 Å². The molecule has 0 amide bonds. The van der Waals surface area contributed by atoms with Crippen LogP contribution in [0.4, 0.5) is 0 Å².